The van der Waals surface area contributed by atoms with Crippen molar-refractivity contribution < 1.29 is 9.90 Å². The molecule has 0 saturated carbocycles. The Morgan fingerprint density at radius 3 is 2.00 bits per heavy atom. The monoisotopic (exact) mass is 314 g/mol. The minimum Gasteiger partial charge on any atom is -0.473 e. The Labute approximate surface area is 121 Å². The van der Waals surface area contributed by atoms with Gasteiger partial charge in [0.2, 0.25) is 0 Å². The first-order valence-electron chi connectivity index (χ1n) is 6.19. The van der Waals surface area contributed by atoms with Crippen molar-refractivity contribution >= 4 is 39.2 Å². The molecule has 1 aromatic heterocycles. The Morgan fingerprint density at radius 1 is 1.16 bits per heavy atom. The molecule has 0 radical (unpaired) electrons. The first-order valence-corrected chi connectivity index (χ1v) is 13.9. The molecular weight excluding hydrogens is 292 g/mol. The zero-order valence-corrected chi connectivity index (χ0v) is 15.2. The molecule has 0 bridgehead atoms. The number of carbonyl (C=O) groups is 1. The summed E-state index contributed by atoms with van der Waals surface area (Å²) in [5.41, 5.74) is 1.12. The van der Waals surface area contributed by atoms with E-state index in [-0.39, 0.29) is 0 Å². The lowest BCUT2D eigenvalue weighted by molar-refractivity contribution is 0.222. The van der Waals surface area contributed by atoms with Crippen LogP contribution in [-0.2, 0) is 0 Å². The lowest BCUT2D eigenvalue weighted by Gasteiger charge is -2.45. The van der Waals surface area contributed by atoms with Crippen molar-refractivity contribution in [1.29, 1.82) is 0 Å². The Morgan fingerprint density at radius 2 is 1.68 bits per heavy atom. The van der Waals surface area contributed by atoms with E-state index in [9.17, 15) is 4.79 Å². The number of nitrogens with zero attached hydrogens (tertiary/aromatic N) is 2. The molecule has 1 N–H and O–H groups in total. The summed E-state index contributed by atoms with van der Waals surface area (Å²) in [5, 5.41) is 8.34. The van der Waals surface area contributed by atoms with Crippen LogP contribution >= 0.6 is 11.8 Å². The molecule has 0 spiro atoms. The fourth-order valence-electron chi connectivity index (χ4n) is 2.44. The summed E-state index contributed by atoms with van der Waals surface area (Å²) in [6.45, 7) is 13.9. The number of pyridine rings is 1. The zero-order chi connectivity index (χ0) is 14.8. The number of rotatable bonds is 4. The van der Waals surface area contributed by atoms with Gasteiger partial charge in [-0.05, 0) is 12.1 Å². The highest BCUT2D eigenvalue weighted by atomic mass is 32.2. The van der Waals surface area contributed by atoms with Crippen molar-refractivity contribution in [3.8, 4) is 0 Å². The van der Waals surface area contributed by atoms with E-state index in [0.29, 0.717) is 5.03 Å². The molecule has 1 heterocycles. The van der Waals surface area contributed by atoms with Gasteiger partial charge in [0.1, 0.15) is 21.5 Å². The highest BCUT2D eigenvalue weighted by Crippen LogP contribution is 2.29. The fourth-order valence-corrected chi connectivity index (χ4v) is 12.7. The van der Waals surface area contributed by atoms with E-state index in [1.807, 2.05) is 12.3 Å². The van der Waals surface area contributed by atoms with Crippen molar-refractivity contribution in [2.24, 2.45) is 0 Å². The van der Waals surface area contributed by atoms with Gasteiger partial charge in [-0.2, -0.15) is 0 Å². The molecule has 19 heavy (non-hydrogen) atoms. The molecule has 0 aliphatic heterocycles. The maximum Gasteiger partial charge on any atom is 0.371 e. The number of hydrogen-bond acceptors (Lipinski definition) is 4. The SMILES string of the molecule is C[Si](C)(C)N(c1ccc(SC(=O)O)nc1)[Si](C)(C)C. The lowest BCUT2D eigenvalue weighted by atomic mass is 10.4. The minimum absolute atomic E-state index is 0.530. The number of anilines is 1. The molecule has 0 aliphatic rings. The highest BCUT2D eigenvalue weighted by molar-refractivity contribution is 8.13. The molecule has 0 amide bonds. The van der Waals surface area contributed by atoms with Crippen molar-refractivity contribution in [2.75, 3.05) is 4.23 Å². The van der Waals surface area contributed by atoms with Crippen LogP contribution in [0.5, 0.6) is 0 Å². The standard InChI is InChI=1S/C12H22N2O2SSi2/c1-18(2,3)14(19(4,5)6)10-7-8-11(13-9-10)17-12(15)16/h7-9H,1-6H3,(H,15,16). The summed E-state index contributed by atoms with van der Waals surface area (Å²) >= 11 is 0.744. The Balaban J connectivity index is 3.09. The molecular formula is C12H22N2O2SSi2. The Kier molecular flexibility index (Phi) is 4.86. The average Bonchev–Trinajstić information content (AvgIpc) is 2.15. The van der Waals surface area contributed by atoms with Gasteiger partial charge in [0.05, 0.1) is 0 Å². The zero-order valence-electron chi connectivity index (χ0n) is 12.4. The summed E-state index contributed by atoms with van der Waals surface area (Å²) in [4.78, 5) is 14.9. The second-order valence-corrected chi connectivity index (χ2v) is 17.4. The first-order chi connectivity index (χ1) is 8.51. The number of aromatic nitrogens is 1. The van der Waals surface area contributed by atoms with Crippen LogP contribution in [0.4, 0.5) is 10.5 Å². The quantitative estimate of drug-likeness (QED) is 0.662. The van der Waals surface area contributed by atoms with Crippen LogP contribution in [0.1, 0.15) is 0 Å². The first kappa shape index (κ1) is 16.3. The predicted octanol–water partition coefficient (Wildman–Crippen LogP) is 4.33. The largest absolute Gasteiger partial charge is 0.473 e. The van der Waals surface area contributed by atoms with Crippen LogP contribution in [0.3, 0.4) is 0 Å². The van der Waals surface area contributed by atoms with Gasteiger partial charge in [0, 0.05) is 23.6 Å². The van der Waals surface area contributed by atoms with Crippen molar-refractivity contribution in [2.45, 2.75) is 44.3 Å². The third-order valence-electron chi connectivity index (χ3n) is 2.51. The van der Waals surface area contributed by atoms with Crippen LogP contribution in [0, 0.1) is 0 Å². The van der Waals surface area contributed by atoms with Gasteiger partial charge in [-0.3, -0.25) is 0 Å². The second kappa shape index (κ2) is 5.68. The van der Waals surface area contributed by atoms with Gasteiger partial charge in [0.15, 0.2) is 0 Å². The number of hydrogen-bond donors (Lipinski definition) is 1. The maximum absolute atomic E-state index is 10.6. The van der Waals surface area contributed by atoms with Gasteiger partial charge < -0.3 is 9.34 Å². The van der Waals surface area contributed by atoms with Gasteiger partial charge in [-0.25, -0.2) is 9.78 Å². The van der Waals surface area contributed by atoms with E-state index in [0.717, 1.165) is 17.4 Å². The van der Waals surface area contributed by atoms with Crippen LogP contribution in [0.15, 0.2) is 23.4 Å². The topological polar surface area (TPSA) is 53.4 Å². The third kappa shape index (κ3) is 4.66. The van der Waals surface area contributed by atoms with Crippen molar-refractivity contribution in [3.63, 3.8) is 0 Å². The van der Waals surface area contributed by atoms with Crippen LogP contribution in [-0.4, -0.2) is 31.9 Å². The second-order valence-electron chi connectivity index (χ2n) is 6.40. The maximum atomic E-state index is 10.6. The molecule has 0 atom stereocenters. The summed E-state index contributed by atoms with van der Waals surface area (Å²) in [6.07, 6.45) is 1.81. The summed E-state index contributed by atoms with van der Waals surface area (Å²) < 4.78 is 2.56. The Bertz CT molecular complexity index is 438. The summed E-state index contributed by atoms with van der Waals surface area (Å²) in [5.74, 6) is 0. The lowest BCUT2D eigenvalue weighted by Crippen LogP contribution is -2.59. The molecule has 4 nitrogen and oxygen atoms in total. The number of carboxylic acid groups (broad SMARTS) is 1. The van der Waals surface area contributed by atoms with E-state index < -0.39 is 21.8 Å². The smallest absolute Gasteiger partial charge is 0.371 e. The van der Waals surface area contributed by atoms with Gasteiger partial charge in [0.25, 0.3) is 0 Å². The molecule has 0 unspecified atom stereocenters. The Hall–Kier alpha value is -0.796. The van der Waals surface area contributed by atoms with E-state index in [1.54, 1.807) is 6.07 Å². The normalized spacial score (nSPS) is 12.3. The van der Waals surface area contributed by atoms with Gasteiger partial charge in [-0.1, -0.05) is 39.3 Å². The third-order valence-corrected chi connectivity index (χ3v) is 10.4. The molecule has 106 valence electrons. The molecule has 0 aromatic carbocycles. The van der Waals surface area contributed by atoms with Gasteiger partial charge in [-0.15, -0.1) is 0 Å². The minimum atomic E-state index is -1.48. The van der Waals surface area contributed by atoms with E-state index in [1.165, 1.54) is 0 Å². The van der Waals surface area contributed by atoms with Gasteiger partial charge >= 0.3 is 5.30 Å². The molecule has 1 aromatic rings. The highest BCUT2D eigenvalue weighted by Gasteiger charge is 2.34. The van der Waals surface area contributed by atoms with Crippen LogP contribution < -0.4 is 4.23 Å². The van der Waals surface area contributed by atoms with E-state index >= 15 is 0 Å². The molecule has 7 heteroatoms. The van der Waals surface area contributed by atoms with Crippen LogP contribution in [0.2, 0.25) is 39.3 Å². The van der Waals surface area contributed by atoms with Crippen molar-refractivity contribution in [3.05, 3.63) is 18.3 Å². The van der Waals surface area contributed by atoms with Crippen molar-refractivity contribution in [1.82, 2.24) is 4.98 Å². The summed E-state index contributed by atoms with van der Waals surface area (Å²) in [7, 11) is -2.96. The molecule has 0 aliphatic carbocycles. The fraction of sp³-hybridized carbons (Fsp3) is 0.500. The van der Waals surface area contributed by atoms with Crippen LogP contribution in [0.25, 0.3) is 0 Å². The predicted molar refractivity (Wildman–Crippen MR) is 87.3 cm³/mol. The molecule has 0 saturated heterocycles. The molecule has 1 rings (SSSR count). The summed E-state index contributed by atoms with van der Waals surface area (Å²) in [6, 6.07) is 3.79. The average molecular weight is 315 g/mol. The molecule has 0 fully saturated rings. The van der Waals surface area contributed by atoms with E-state index in [4.69, 9.17) is 5.11 Å². The van der Waals surface area contributed by atoms with E-state index in [2.05, 4.69) is 48.5 Å². The number of thioether (sulfide) groups is 1.